The number of imide groups is 2. The molecule has 4 aliphatic rings. The summed E-state index contributed by atoms with van der Waals surface area (Å²) in [6, 6.07) is 7.81. The average Bonchev–Trinajstić information content (AvgIpc) is 3.40. The van der Waals surface area contributed by atoms with Gasteiger partial charge in [0.15, 0.2) is 9.75 Å². The minimum Gasteiger partial charge on any atom is -0.507 e. The SMILES string of the molecule is Cc1cc(C2C3=CCC4C(=O)N(c5cc(C(F)(F)F)cc(C(F)(F)F)c5)C(=O)C4C3CC3(Cl)C(=O)N(c4ccc(F)cc4)C(=O)C23Cl)cc(C)c1O. The van der Waals surface area contributed by atoms with Gasteiger partial charge in [-0.2, -0.15) is 26.3 Å². The van der Waals surface area contributed by atoms with E-state index in [4.69, 9.17) is 23.2 Å². The number of fused-ring (bicyclic) bond motifs is 4. The number of halogens is 9. The highest BCUT2D eigenvalue weighted by atomic mass is 35.5. The molecule has 6 atom stereocenters. The highest BCUT2D eigenvalue weighted by Crippen LogP contribution is 2.66. The molecule has 2 aliphatic carbocycles. The number of phenols is 1. The predicted molar refractivity (Wildman–Crippen MR) is 173 cm³/mol. The molecule has 0 spiro atoms. The molecular weight excluding hydrogens is 744 g/mol. The third-order valence-corrected chi connectivity index (χ3v) is 12.0. The average molecular weight is 769 g/mol. The van der Waals surface area contributed by atoms with Crippen molar-refractivity contribution in [3.8, 4) is 5.75 Å². The Kier molecular flexibility index (Phi) is 7.97. The summed E-state index contributed by atoms with van der Waals surface area (Å²) in [5, 5.41) is 10.6. The summed E-state index contributed by atoms with van der Waals surface area (Å²) in [5.74, 6) is -10.1. The molecule has 0 aromatic heterocycles. The number of phenolic OH excluding ortho intramolecular Hbond substituents is 1. The smallest absolute Gasteiger partial charge is 0.416 e. The molecule has 52 heavy (non-hydrogen) atoms. The summed E-state index contributed by atoms with van der Waals surface area (Å²) < 4.78 is 96.5. The minimum atomic E-state index is -5.26. The van der Waals surface area contributed by atoms with Gasteiger partial charge in [0, 0.05) is 5.92 Å². The molecule has 3 aromatic carbocycles. The van der Waals surface area contributed by atoms with E-state index < -0.39 is 98.5 Å². The Labute approximate surface area is 300 Å². The van der Waals surface area contributed by atoms with Gasteiger partial charge in [0.1, 0.15) is 11.6 Å². The van der Waals surface area contributed by atoms with Crippen LogP contribution in [-0.4, -0.2) is 38.5 Å². The van der Waals surface area contributed by atoms with Gasteiger partial charge in [-0.1, -0.05) is 23.8 Å². The normalized spacial score (nSPS) is 28.9. The highest BCUT2D eigenvalue weighted by Gasteiger charge is 2.76. The summed E-state index contributed by atoms with van der Waals surface area (Å²) in [4.78, 5) is 53.3. The van der Waals surface area contributed by atoms with Crippen LogP contribution < -0.4 is 9.80 Å². The first-order valence-corrected chi connectivity index (χ1v) is 16.6. The van der Waals surface area contributed by atoms with E-state index in [0.717, 1.165) is 24.3 Å². The van der Waals surface area contributed by atoms with E-state index in [-0.39, 0.29) is 36.1 Å². The Morgan fingerprint density at radius 2 is 1.31 bits per heavy atom. The van der Waals surface area contributed by atoms with Crippen molar-refractivity contribution < 1.29 is 55.0 Å². The largest absolute Gasteiger partial charge is 0.507 e. The number of rotatable bonds is 3. The first kappa shape index (κ1) is 36.0. The lowest BCUT2D eigenvalue weighted by atomic mass is 9.56. The zero-order chi connectivity index (χ0) is 38.0. The van der Waals surface area contributed by atoms with Crippen LogP contribution in [0.5, 0.6) is 5.75 Å². The summed E-state index contributed by atoms with van der Waals surface area (Å²) in [5.41, 5.74) is -3.18. The van der Waals surface area contributed by atoms with Crippen LogP contribution in [0.15, 0.2) is 66.2 Å². The van der Waals surface area contributed by atoms with Crippen LogP contribution >= 0.6 is 23.2 Å². The molecule has 0 radical (unpaired) electrons. The van der Waals surface area contributed by atoms with Crippen LogP contribution in [0, 0.1) is 37.4 Å². The number of hydrogen-bond acceptors (Lipinski definition) is 5. The number of amides is 4. The first-order valence-electron chi connectivity index (χ1n) is 15.8. The van der Waals surface area contributed by atoms with Crippen molar-refractivity contribution in [3.05, 3.63) is 99.9 Å². The molecule has 2 saturated heterocycles. The van der Waals surface area contributed by atoms with Crippen LogP contribution in [0.1, 0.15) is 46.6 Å². The maximum Gasteiger partial charge on any atom is 0.416 e. The van der Waals surface area contributed by atoms with Gasteiger partial charge in [-0.25, -0.2) is 14.2 Å². The fourth-order valence-corrected chi connectivity index (χ4v) is 9.19. The number of alkyl halides is 8. The van der Waals surface area contributed by atoms with E-state index in [2.05, 4.69) is 0 Å². The number of carbonyl (C=O) groups excluding carboxylic acids is 4. The van der Waals surface area contributed by atoms with Gasteiger partial charge in [-0.05, 0) is 91.8 Å². The lowest BCUT2D eigenvalue weighted by Crippen LogP contribution is -2.60. The summed E-state index contributed by atoms with van der Waals surface area (Å²) in [7, 11) is 0. The number of anilines is 2. The summed E-state index contributed by atoms with van der Waals surface area (Å²) >= 11 is 14.6. The lowest BCUT2D eigenvalue weighted by Gasteiger charge is -2.50. The highest BCUT2D eigenvalue weighted by molar-refractivity contribution is 6.58. The van der Waals surface area contributed by atoms with E-state index in [1.165, 1.54) is 18.2 Å². The molecule has 16 heteroatoms. The molecule has 2 heterocycles. The second-order valence-corrected chi connectivity index (χ2v) is 14.8. The molecule has 0 bridgehead atoms. The number of aryl methyl sites for hydroxylation is 2. The number of nitrogens with zero attached hydrogens (tertiary/aromatic N) is 2. The van der Waals surface area contributed by atoms with Gasteiger partial charge in [-0.15, -0.1) is 23.2 Å². The Hall–Kier alpha value is -4.43. The number of allylic oxidation sites excluding steroid dienone is 2. The van der Waals surface area contributed by atoms with Crippen LogP contribution in [0.3, 0.4) is 0 Å². The van der Waals surface area contributed by atoms with Gasteiger partial charge < -0.3 is 5.11 Å². The first-order chi connectivity index (χ1) is 24.1. The lowest BCUT2D eigenvalue weighted by molar-refractivity contribution is -0.143. The maximum atomic E-state index is 14.5. The molecule has 6 unspecified atom stereocenters. The molecular formula is C36H25Cl2F7N2O5. The number of carbonyl (C=O) groups is 4. The fourth-order valence-electron chi connectivity index (χ4n) is 8.25. The maximum absolute atomic E-state index is 14.5. The van der Waals surface area contributed by atoms with Crippen molar-refractivity contribution in [2.45, 2.75) is 54.7 Å². The molecule has 3 fully saturated rings. The van der Waals surface area contributed by atoms with Crippen molar-refractivity contribution in [1.29, 1.82) is 0 Å². The van der Waals surface area contributed by atoms with Crippen molar-refractivity contribution in [1.82, 2.24) is 0 Å². The Morgan fingerprint density at radius 1 is 0.750 bits per heavy atom. The second kappa shape index (κ2) is 11.5. The fraction of sp³-hybridized carbons (Fsp3) is 0.333. The second-order valence-electron chi connectivity index (χ2n) is 13.5. The molecule has 2 aliphatic heterocycles. The predicted octanol–water partition coefficient (Wildman–Crippen LogP) is 7.95. The van der Waals surface area contributed by atoms with E-state index >= 15 is 0 Å². The summed E-state index contributed by atoms with van der Waals surface area (Å²) in [6.07, 6.45) is -9.75. The van der Waals surface area contributed by atoms with Crippen molar-refractivity contribution >= 4 is 58.2 Å². The number of aromatic hydroxyl groups is 1. The van der Waals surface area contributed by atoms with E-state index in [1.54, 1.807) is 13.8 Å². The Balaban J connectivity index is 1.40. The minimum absolute atomic E-state index is 0.0687. The molecule has 7 rings (SSSR count). The molecule has 1 saturated carbocycles. The third-order valence-electron chi connectivity index (χ3n) is 10.6. The molecule has 7 nitrogen and oxygen atoms in total. The van der Waals surface area contributed by atoms with E-state index in [9.17, 15) is 55.0 Å². The monoisotopic (exact) mass is 768 g/mol. The van der Waals surface area contributed by atoms with Crippen LogP contribution in [0.4, 0.5) is 42.1 Å². The quantitative estimate of drug-likeness (QED) is 0.126. The van der Waals surface area contributed by atoms with Crippen molar-refractivity contribution in [2.24, 2.45) is 17.8 Å². The standard InChI is InChI=1S/C36H25Cl2F7N2O5/c1-15-9-17(10-16(2)28(15)48)27-23-7-8-24-26(30(50)46(29(24)49)22-12-18(35(40,41)42)11-19(13-22)36(43,44)45)25(23)14-33(37)31(51)47(32(52)34(27,33)38)21-5-3-20(39)4-6-21/h3-7,9-13,24-27,48H,8,14H2,1-2H3. The van der Waals surface area contributed by atoms with Crippen LogP contribution in [0.2, 0.25) is 0 Å². The molecule has 4 amide bonds. The topological polar surface area (TPSA) is 95.0 Å². The van der Waals surface area contributed by atoms with Crippen LogP contribution in [-0.2, 0) is 31.5 Å². The molecule has 272 valence electrons. The number of benzene rings is 3. The van der Waals surface area contributed by atoms with Crippen molar-refractivity contribution in [3.63, 3.8) is 0 Å². The van der Waals surface area contributed by atoms with Gasteiger partial charge >= 0.3 is 12.4 Å². The van der Waals surface area contributed by atoms with Crippen molar-refractivity contribution in [2.75, 3.05) is 9.80 Å². The van der Waals surface area contributed by atoms with Gasteiger partial charge in [-0.3, -0.25) is 19.2 Å². The van der Waals surface area contributed by atoms with E-state index in [1.807, 2.05) is 0 Å². The Bertz CT molecular complexity index is 2080. The number of hydrogen-bond donors (Lipinski definition) is 1. The zero-order valence-corrected chi connectivity index (χ0v) is 28.4. The van der Waals surface area contributed by atoms with Gasteiger partial charge in [0.05, 0.1) is 34.3 Å². The van der Waals surface area contributed by atoms with Gasteiger partial charge in [0.25, 0.3) is 11.8 Å². The van der Waals surface area contributed by atoms with Gasteiger partial charge in [0.2, 0.25) is 11.8 Å². The molecule has 1 N–H and O–H groups in total. The Morgan fingerprint density at radius 3 is 1.85 bits per heavy atom. The summed E-state index contributed by atoms with van der Waals surface area (Å²) in [6.45, 7) is 3.14. The molecule has 3 aromatic rings. The van der Waals surface area contributed by atoms with Crippen LogP contribution in [0.25, 0.3) is 0 Å². The zero-order valence-electron chi connectivity index (χ0n) is 26.9. The third kappa shape index (κ3) is 5.00. The van der Waals surface area contributed by atoms with E-state index in [0.29, 0.717) is 32.1 Å².